The third kappa shape index (κ3) is 3.28. The van der Waals surface area contributed by atoms with Crippen LogP contribution >= 0.6 is 0 Å². The number of para-hydroxylation sites is 1. The lowest BCUT2D eigenvalue weighted by Crippen LogP contribution is -2.07. The van der Waals surface area contributed by atoms with E-state index in [1.807, 2.05) is 48.3 Å². The van der Waals surface area contributed by atoms with E-state index in [1.54, 1.807) is 6.07 Å². The molecular weight excluding hydrogens is 404 g/mol. The number of hydrogen-bond donors (Lipinski definition) is 1. The van der Waals surface area contributed by atoms with E-state index in [1.165, 1.54) is 24.3 Å². The number of H-pyrrole nitrogens is 1. The molecule has 5 aromatic rings. The lowest BCUT2D eigenvalue weighted by atomic mass is 9.84. The van der Waals surface area contributed by atoms with Crippen LogP contribution in [-0.4, -0.2) is 9.55 Å². The van der Waals surface area contributed by atoms with Crippen molar-refractivity contribution < 1.29 is 17.6 Å². The Balaban J connectivity index is 1.76. The number of nitrogens with zero attached hydrogens (tertiary/aromatic N) is 1. The molecule has 2 heterocycles. The number of hydrogen-bond acceptors (Lipinski definition) is 0. The lowest BCUT2D eigenvalue weighted by Gasteiger charge is -2.18. The van der Waals surface area contributed by atoms with E-state index in [4.69, 9.17) is 0 Å². The largest absolute Gasteiger partial charge is 0.416 e. The third-order valence-electron chi connectivity index (χ3n) is 5.80. The van der Waals surface area contributed by atoms with Crippen LogP contribution in [0.4, 0.5) is 17.6 Å². The van der Waals surface area contributed by atoms with Crippen molar-refractivity contribution >= 4 is 21.8 Å². The van der Waals surface area contributed by atoms with Gasteiger partial charge in [0.25, 0.3) is 0 Å². The molecule has 0 aliphatic rings. The quantitative estimate of drug-likeness (QED) is 0.302. The molecule has 0 saturated heterocycles. The Hall–Kier alpha value is -3.54. The topological polar surface area (TPSA) is 20.7 Å². The molecule has 1 unspecified atom stereocenters. The van der Waals surface area contributed by atoms with E-state index < -0.39 is 11.7 Å². The number of aromatic nitrogens is 2. The van der Waals surface area contributed by atoms with Gasteiger partial charge >= 0.3 is 6.18 Å². The fourth-order valence-corrected chi connectivity index (χ4v) is 4.35. The van der Waals surface area contributed by atoms with Crippen molar-refractivity contribution in [2.45, 2.75) is 12.1 Å². The van der Waals surface area contributed by atoms with E-state index in [9.17, 15) is 17.6 Å². The number of nitrogens with one attached hydrogen (secondary N) is 1. The minimum absolute atomic E-state index is 0.326. The molecule has 2 nitrogen and oxygen atoms in total. The van der Waals surface area contributed by atoms with Gasteiger partial charge in [-0.15, -0.1) is 0 Å². The summed E-state index contributed by atoms with van der Waals surface area (Å²) in [7, 11) is 1.94. The molecule has 2 aromatic heterocycles. The van der Waals surface area contributed by atoms with Crippen LogP contribution in [0.5, 0.6) is 0 Å². The molecule has 5 rings (SSSR count). The van der Waals surface area contributed by atoms with Gasteiger partial charge in [0, 0.05) is 47.2 Å². The third-order valence-corrected chi connectivity index (χ3v) is 5.80. The van der Waals surface area contributed by atoms with Crippen LogP contribution in [0.3, 0.4) is 0 Å². The number of fused-ring (bicyclic) bond motifs is 2. The van der Waals surface area contributed by atoms with Gasteiger partial charge < -0.3 is 9.55 Å². The van der Waals surface area contributed by atoms with Gasteiger partial charge in [-0.05, 0) is 53.1 Å². The number of aryl methyl sites for hydroxylation is 1. The lowest BCUT2D eigenvalue weighted by molar-refractivity contribution is -0.137. The smallest absolute Gasteiger partial charge is 0.361 e. The maximum absolute atomic E-state index is 13.7. The summed E-state index contributed by atoms with van der Waals surface area (Å²) in [6.07, 6.45) is -0.574. The maximum Gasteiger partial charge on any atom is 0.416 e. The Labute approximate surface area is 175 Å². The van der Waals surface area contributed by atoms with Crippen LogP contribution in [0.1, 0.15) is 28.2 Å². The minimum atomic E-state index is -4.40. The Morgan fingerprint density at radius 2 is 1.61 bits per heavy atom. The van der Waals surface area contributed by atoms with Crippen molar-refractivity contribution in [3.63, 3.8) is 0 Å². The fraction of sp³-hybridized carbons (Fsp3) is 0.120. The summed E-state index contributed by atoms with van der Waals surface area (Å²) in [5, 5.41) is 1.85. The van der Waals surface area contributed by atoms with Crippen LogP contribution < -0.4 is 0 Å². The van der Waals surface area contributed by atoms with Gasteiger partial charge in [0.2, 0.25) is 0 Å². The second-order valence-electron chi connectivity index (χ2n) is 7.70. The molecule has 0 bridgehead atoms. The SMILES string of the molecule is Cn1cc(C(c2ccc(C(F)(F)F)cc2)c2c[nH]c3cc(F)ccc23)c2ccccc21. The highest BCUT2D eigenvalue weighted by Gasteiger charge is 2.31. The van der Waals surface area contributed by atoms with Crippen LogP contribution in [-0.2, 0) is 13.2 Å². The first-order valence-electron chi connectivity index (χ1n) is 9.80. The summed E-state index contributed by atoms with van der Waals surface area (Å²) in [6.45, 7) is 0. The molecule has 0 aliphatic carbocycles. The van der Waals surface area contributed by atoms with Crippen molar-refractivity contribution in [3.8, 4) is 0 Å². The summed E-state index contributed by atoms with van der Waals surface area (Å²) in [4.78, 5) is 3.11. The van der Waals surface area contributed by atoms with Crippen LogP contribution in [0.15, 0.2) is 79.1 Å². The molecule has 0 fully saturated rings. The number of aromatic amines is 1. The number of rotatable bonds is 3. The van der Waals surface area contributed by atoms with Crippen molar-refractivity contribution in [1.82, 2.24) is 9.55 Å². The van der Waals surface area contributed by atoms with Crippen molar-refractivity contribution in [2.75, 3.05) is 0 Å². The highest BCUT2D eigenvalue weighted by Crippen LogP contribution is 2.41. The minimum Gasteiger partial charge on any atom is -0.361 e. The first-order valence-corrected chi connectivity index (χ1v) is 9.80. The highest BCUT2D eigenvalue weighted by molar-refractivity contribution is 5.89. The van der Waals surface area contributed by atoms with Gasteiger partial charge in [-0.25, -0.2) is 4.39 Å². The van der Waals surface area contributed by atoms with Crippen molar-refractivity contribution in [1.29, 1.82) is 0 Å². The van der Waals surface area contributed by atoms with E-state index in [0.717, 1.165) is 45.1 Å². The molecule has 0 spiro atoms. The van der Waals surface area contributed by atoms with Crippen LogP contribution in [0.25, 0.3) is 21.8 Å². The molecule has 0 radical (unpaired) electrons. The van der Waals surface area contributed by atoms with Gasteiger partial charge in [0.05, 0.1) is 5.56 Å². The molecule has 0 aliphatic heterocycles. The van der Waals surface area contributed by atoms with E-state index >= 15 is 0 Å². The highest BCUT2D eigenvalue weighted by atomic mass is 19.4. The van der Waals surface area contributed by atoms with Crippen molar-refractivity contribution in [2.24, 2.45) is 7.05 Å². The van der Waals surface area contributed by atoms with E-state index in [0.29, 0.717) is 5.52 Å². The average Bonchev–Trinajstić information content (AvgIpc) is 3.30. The van der Waals surface area contributed by atoms with Gasteiger partial charge in [-0.3, -0.25) is 0 Å². The summed E-state index contributed by atoms with van der Waals surface area (Å²) in [5.74, 6) is -0.676. The first kappa shape index (κ1) is 19.4. The van der Waals surface area contributed by atoms with E-state index in [2.05, 4.69) is 4.98 Å². The average molecular weight is 422 g/mol. The zero-order valence-corrected chi connectivity index (χ0v) is 16.5. The summed E-state index contributed by atoms with van der Waals surface area (Å²) in [6, 6.07) is 17.7. The summed E-state index contributed by atoms with van der Waals surface area (Å²) >= 11 is 0. The Bertz CT molecular complexity index is 1390. The van der Waals surface area contributed by atoms with Gasteiger partial charge in [0.15, 0.2) is 0 Å². The molecule has 6 heteroatoms. The summed E-state index contributed by atoms with van der Waals surface area (Å²) < 4.78 is 55.1. The summed E-state index contributed by atoms with van der Waals surface area (Å²) in [5.41, 5.74) is 3.57. The maximum atomic E-state index is 13.7. The van der Waals surface area contributed by atoms with Crippen molar-refractivity contribution in [3.05, 3.63) is 107 Å². The molecule has 31 heavy (non-hydrogen) atoms. The van der Waals surface area contributed by atoms with Gasteiger partial charge in [-0.1, -0.05) is 30.3 Å². The van der Waals surface area contributed by atoms with Gasteiger partial charge in [-0.2, -0.15) is 13.2 Å². The predicted octanol–water partition coefficient (Wildman–Crippen LogP) is 7.00. The Morgan fingerprint density at radius 1 is 0.871 bits per heavy atom. The van der Waals surface area contributed by atoms with Crippen LogP contribution in [0, 0.1) is 5.82 Å². The monoisotopic (exact) mass is 422 g/mol. The second-order valence-corrected chi connectivity index (χ2v) is 7.70. The second kappa shape index (κ2) is 7.01. The molecule has 3 aromatic carbocycles. The molecular formula is C25H18F4N2. The zero-order valence-electron chi connectivity index (χ0n) is 16.5. The Morgan fingerprint density at radius 3 is 2.35 bits per heavy atom. The standard InChI is InChI=1S/C25H18F4N2/c1-31-14-21(19-4-2-3-5-23(19)31)24(15-6-8-16(9-7-15)25(27,28)29)20-13-30-22-12-17(26)10-11-18(20)22/h2-14,24,30H,1H3. The molecule has 1 atom stereocenters. The molecule has 156 valence electrons. The number of alkyl halides is 3. The van der Waals surface area contributed by atoms with Gasteiger partial charge in [0.1, 0.15) is 5.82 Å². The molecule has 0 saturated carbocycles. The van der Waals surface area contributed by atoms with E-state index in [-0.39, 0.29) is 11.7 Å². The zero-order chi connectivity index (χ0) is 21.8. The molecule has 0 amide bonds. The fourth-order valence-electron chi connectivity index (χ4n) is 4.35. The normalized spacial score (nSPS) is 13.2. The first-order chi connectivity index (χ1) is 14.8. The number of halogens is 4. The van der Waals surface area contributed by atoms with Crippen LogP contribution in [0.2, 0.25) is 0 Å². The number of benzene rings is 3. The predicted molar refractivity (Wildman–Crippen MR) is 114 cm³/mol. The molecule has 1 N–H and O–H groups in total. The Kier molecular flexibility index (Phi) is 4.39.